The van der Waals surface area contributed by atoms with Crippen LogP contribution in [0.5, 0.6) is 0 Å². The predicted molar refractivity (Wildman–Crippen MR) is 199 cm³/mol. The van der Waals surface area contributed by atoms with Crippen LogP contribution < -0.4 is 4.72 Å². The molecule has 3 aromatic rings. The zero-order chi connectivity index (χ0) is 35.2. The summed E-state index contributed by atoms with van der Waals surface area (Å²) in [6, 6.07) is 14.7. The fourth-order valence-corrected chi connectivity index (χ4v) is 10.1. The highest BCUT2D eigenvalue weighted by molar-refractivity contribution is 7.87. The molecule has 1 N–H and O–H groups in total. The molecule has 3 fully saturated rings. The average Bonchev–Trinajstić information content (AvgIpc) is 3.59. The Balaban J connectivity index is 1.22. The van der Waals surface area contributed by atoms with Gasteiger partial charge in [-0.1, -0.05) is 69.9 Å². The molecular formula is C40H55N5O4S. The van der Waals surface area contributed by atoms with Gasteiger partial charge < -0.3 is 9.47 Å². The predicted octanol–water partition coefficient (Wildman–Crippen LogP) is 6.57. The fraction of sp³-hybridized carbons (Fsp3) is 0.600. The van der Waals surface area contributed by atoms with Crippen molar-refractivity contribution in [2.24, 2.45) is 11.3 Å². The maximum absolute atomic E-state index is 14.5. The Hall–Kier alpha value is -3.21. The van der Waals surface area contributed by atoms with E-state index in [0.29, 0.717) is 30.3 Å². The number of carbonyl (C=O) groups excluding carboxylic acids is 2. The van der Waals surface area contributed by atoms with Crippen molar-refractivity contribution in [1.29, 1.82) is 0 Å². The maximum atomic E-state index is 14.5. The van der Waals surface area contributed by atoms with Crippen LogP contribution in [0.2, 0.25) is 0 Å². The molecule has 0 spiro atoms. The number of likely N-dealkylation sites (tertiary alicyclic amines) is 2. The summed E-state index contributed by atoms with van der Waals surface area (Å²) in [6.45, 7) is 9.18. The number of benzene rings is 2. The smallest absolute Gasteiger partial charge is 0.303 e. The molecule has 1 unspecified atom stereocenters. The van der Waals surface area contributed by atoms with Crippen LogP contribution in [0, 0.1) is 11.3 Å². The van der Waals surface area contributed by atoms with Gasteiger partial charge in [-0.3, -0.25) is 14.5 Å². The monoisotopic (exact) mass is 701 g/mol. The highest BCUT2D eigenvalue weighted by atomic mass is 32.2. The number of nitrogens with zero attached hydrogens (tertiary/aromatic N) is 4. The van der Waals surface area contributed by atoms with Gasteiger partial charge in [-0.25, -0.2) is 4.72 Å². The number of fused-ring (bicyclic) bond motifs is 5. The molecule has 10 heteroatoms. The quantitative estimate of drug-likeness (QED) is 0.287. The minimum Gasteiger partial charge on any atom is -0.342 e. The Morgan fingerprint density at radius 2 is 1.72 bits per heavy atom. The number of carbonyl (C=O) groups is 2. The maximum Gasteiger partial charge on any atom is 0.303 e. The highest BCUT2D eigenvalue weighted by Crippen LogP contribution is 2.47. The van der Waals surface area contributed by atoms with Gasteiger partial charge >= 0.3 is 10.2 Å². The zero-order valence-electron chi connectivity index (χ0n) is 30.4. The summed E-state index contributed by atoms with van der Waals surface area (Å²) in [5.74, 6) is -0.293. The van der Waals surface area contributed by atoms with Gasteiger partial charge in [-0.15, -0.1) is 0 Å². The normalized spacial score (nSPS) is 23.9. The van der Waals surface area contributed by atoms with E-state index in [0.717, 1.165) is 54.0 Å². The van der Waals surface area contributed by atoms with Crippen molar-refractivity contribution in [2.75, 3.05) is 40.3 Å². The molecule has 2 saturated heterocycles. The van der Waals surface area contributed by atoms with E-state index in [-0.39, 0.29) is 17.4 Å². The van der Waals surface area contributed by atoms with Crippen molar-refractivity contribution in [3.05, 3.63) is 59.2 Å². The van der Waals surface area contributed by atoms with E-state index in [1.165, 1.54) is 88.1 Å². The van der Waals surface area contributed by atoms with Gasteiger partial charge in [-0.05, 0) is 86.1 Å². The van der Waals surface area contributed by atoms with Crippen molar-refractivity contribution >= 4 is 32.9 Å². The highest BCUT2D eigenvalue weighted by Gasteiger charge is 2.39. The first-order valence-corrected chi connectivity index (χ1v) is 20.4. The SMILES string of the molecule is CCCC1(C)CCN(C2CCN(C(=O)[C@@H]3Cc4ccccc4-c4c(C5CCCCC5)c5ccc(C(=O)NS(=O)(=O)N(C)C)cc5n4C3)CC2)C1. The first-order chi connectivity index (χ1) is 24.0. The summed E-state index contributed by atoms with van der Waals surface area (Å²) in [4.78, 5) is 32.7. The van der Waals surface area contributed by atoms with E-state index >= 15 is 0 Å². The second kappa shape index (κ2) is 14.1. The van der Waals surface area contributed by atoms with Crippen molar-refractivity contribution in [3.8, 4) is 11.3 Å². The minimum atomic E-state index is -3.95. The molecule has 7 rings (SSSR count). The fourth-order valence-electron chi connectivity index (χ4n) is 9.61. The Kier molecular flexibility index (Phi) is 9.91. The minimum absolute atomic E-state index is 0.218. The molecule has 2 amide bonds. The Bertz CT molecular complexity index is 1850. The van der Waals surface area contributed by atoms with E-state index in [2.05, 4.69) is 57.2 Å². The number of aromatic nitrogens is 1. The van der Waals surface area contributed by atoms with Crippen molar-refractivity contribution in [3.63, 3.8) is 0 Å². The molecule has 2 atom stereocenters. The van der Waals surface area contributed by atoms with Gasteiger partial charge in [0.15, 0.2) is 0 Å². The summed E-state index contributed by atoms with van der Waals surface area (Å²) in [7, 11) is -1.16. The molecule has 50 heavy (non-hydrogen) atoms. The number of rotatable bonds is 8. The van der Waals surface area contributed by atoms with Crippen LogP contribution in [-0.4, -0.2) is 85.2 Å². The van der Waals surface area contributed by atoms with Gasteiger partial charge in [0.2, 0.25) is 5.91 Å². The lowest BCUT2D eigenvalue weighted by molar-refractivity contribution is -0.137. The van der Waals surface area contributed by atoms with Crippen LogP contribution in [0.3, 0.4) is 0 Å². The molecular weight excluding hydrogens is 647 g/mol. The summed E-state index contributed by atoms with van der Waals surface area (Å²) < 4.78 is 30.6. The van der Waals surface area contributed by atoms with E-state index in [1.807, 2.05) is 12.1 Å². The van der Waals surface area contributed by atoms with Gasteiger partial charge in [0, 0.05) is 68.3 Å². The topological polar surface area (TPSA) is 95.0 Å². The number of hydrogen-bond donors (Lipinski definition) is 1. The Labute approximate surface area is 298 Å². The molecule has 0 radical (unpaired) electrons. The first-order valence-electron chi connectivity index (χ1n) is 19.0. The van der Waals surface area contributed by atoms with Gasteiger partial charge in [0.25, 0.3) is 5.91 Å². The Morgan fingerprint density at radius 3 is 2.44 bits per heavy atom. The molecule has 0 bridgehead atoms. The van der Waals surface area contributed by atoms with Crippen molar-refractivity contribution < 1.29 is 18.0 Å². The van der Waals surface area contributed by atoms with Crippen LogP contribution in [0.25, 0.3) is 22.2 Å². The van der Waals surface area contributed by atoms with Crippen LogP contribution in [0.15, 0.2) is 42.5 Å². The first kappa shape index (κ1) is 35.2. The summed E-state index contributed by atoms with van der Waals surface area (Å²) in [5.41, 5.74) is 6.45. The largest absolute Gasteiger partial charge is 0.342 e. The lowest BCUT2D eigenvalue weighted by Gasteiger charge is -2.38. The third-order valence-electron chi connectivity index (χ3n) is 12.3. The van der Waals surface area contributed by atoms with Crippen LogP contribution in [-0.2, 0) is 28.0 Å². The molecule has 1 saturated carbocycles. The number of hydrogen-bond acceptors (Lipinski definition) is 5. The molecule has 270 valence electrons. The Morgan fingerprint density at radius 1 is 0.980 bits per heavy atom. The lowest BCUT2D eigenvalue weighted by Crippen LogP contribution is -2.48. The zero-order valence-corrected chi connectivity index (χ0v) is 31.2. The van der Waals surface area contributed by atoms with E-state index in [1.54, 1.807) is 6.07 Å². The molecule has 4 aliphatic rings. The van der Waals surface area contributed by atoms with Crippen LogP contribution >= 0.6 is 0 Å². The molecule has 2 aromatic carbocycles. The third-order valence-corrected chi connectivity index (χ3v) is 13.7. The second-order valence-electron chi connectivity index (χ2n) is 16.1. The van der Waals surface area contributed by atoms with Gasteiger partial charge in [0.05, 0.1) is 11.6 Å². The lowest BCUT2D eigenvalue weighted by atomic mass is 9.81. The molecule has 1 aromatic heterocycles. The summed E-state index contributed by atoms with van der Waals surface area (Å²) in [5, 5.41) is 1.10. The van der Waals surface area contributed by atoms with Gasteiger partial charge in [-0.2, -0.15) is 12.7 Å². The number of piperidine rings is 1. The van der Waals surface area contributed by atoms with Crippen LogP contribution in [0.4, 0.5) is 0 Å². The van der Waals surface area contributed by atoms with Gasteiger partial charge in [0.1, 0.15) is 0 Å². The van der Waals surface area contributed by atoms with E-state index < -0.39 is 16.1 Å². The van der Waals surface area contributed by atoms with Crippen LogP contribution in [0.1, 0.15) is 105 Å². The van der Waals surface area contributed by atoms with Crippen molar-refractivity contribution in [2.45, 2.75) is 103 Å². The number of amides is 2. The average molecular weight is 702 g/mol. The second-order valence-corrected chi connectivity index (χ2v) is 17.9. The van der Waals surface area contributed by atoms with Crippen molar-refractivity contribution in [1.82, 2.24) is 23.4 Å². The van der Waals surface area contributed by atoms with E-state index in [4.69, 9.17) is 0 Å². The number of nitrogens with one attached hydrogen (secondary N) is 1. The molecule has 4 heterocycles. The third kappa shape index (κ3) is 6.75. The summed E-state index contributed by atoms with van der Waals surface area (Å²) in [6.07, 6.45) is 12.4. The molecule has 9 nitrogen and oxygen atoms in total. The molecule has 3 aliphatic heterocycles. The molecule has 1 aliphatic carbocycles. The van der Waals surface area contributed by atoms with E-state index in [9.17, 15) is 18.0 Å². The summed E-state index contributed by atoms with van der Waals surface area (Å²) >= 11 is 0. The standard InChI is InChI=1S/C40H55N5O4S/c1-5-19-40(2)20-23-44(27-40)32-17-21-43(22-18-32)39(47)31-24-29-13-9-10-14-33(29)37-36(28-11-7-6-8-12-28)34-16-15-30(25-35(34)45(37)26-31)38(46)41-50(48,49)42(3)4/h9-10,13-16,25,28,31-32H,5-8,11-12,17-24,26-27H2,1-4H3,(H,41,46)/t31-,40?/m1/s1.